The molecule has 0 aliphatic rings. The van der Waals surface area contributed by atoms with Gasteiger partial charge in [0.25, 0.3) is 0 Å². The summed E-state index contributed by atoms with van der Waals surface area (Å²) < 4.78 is 1.76. The third kappa shape index (κ3) is 4.72. The van der Waals surface area contributed by atoms with Crippen LogP contribution in [0, 0.1) is 0 Å². The monoisotopic (exact) mass is 399 g/mol. The Morgan fingerprint density at radius 1 is 1.00 bits per heavy atom. The Morgan fingerprint density at radius 2 is 1.87 bits per heavy atom. The maximum absolute atomic E-state index is 8.94. The fraction of sp³-hybridized carbons (Fsp3) is 0.208. The lowest BCUT2D eigenvalue weighted by Crippen LogP contribution is -2.00. The van der Waals surface area contributed by atoms with E-state index in [1.807, 2.05) is 48.8 Å². The van der Waals surface area contributed by atoms with E-state index in [1.54, 1.807) is 4.68 Å². The second-order valence-electron chi connectivity index (χ2n) is 7.26. The molecule has 0 spiro atoms. The van der Waals surface area contributed by atoms with Crippen LogP contribution in [-0.4, -0.2) is 31.7 Å². The molecule has 0 aliphatic carbocycles. The molecule has 1 unspecified atom stereocenters. The van der Waals surface area contributed by atoms with E-state index in [0.29, 0.717) is 6.42 Å². The van der Waals surface area contributed by atoms with E-state index in [2.05, 4.69) is 57.9 Å². The molecule has 0 fully saturated rings. The van der Waals surface area contributed by atoms with Crippen molar-refractivity contribution in [3.63, 3.8) is 0 Å². The van der Waals surface area contributed by atoms with Crippen LogP contribution >= 0.6 is 0 Å². The van der Waals surface area contributed by atoms with E-state index in [9.17, 15) is 0 Å². The maximum atomic E-state index is 8.94. The molecule has 30 heavy (non-hydrogen) atoms. The molecule has 0 aliphatic heterocycles. The average Bonchev–Trinajstić information content (AvgIpc) is 3.27. The van der Waals surface area contributed by atoms with E-state index >= 15 is 0 Å². The topological polar surface area (TPSA) is 75.9 Å². The van der Waals surface area contributed by atoms with Crippen molar-refractivity contribution in [3.05, 3.63) is 96.1 Å². The van der Waals surface area contributed by atoms with Gasteiger partial charge in [-0.2, -0.15) is 0 Å². The highest BCUT2D eigenvalue weighted by Gasteiger charge is 2.10. The predicted molar refractivity (Wildman–Crippen MR) is 118 cm³/mol. The Bertz CT molecular complexity index is 1080. The molecule has 2 heterocycles. The molecular weight excluding hydrogens is 374 g/mol. The number of nitrogens with one attached hydrogen (secondary N) is 1. The lowest BCUT2D eigenvalue weighted by molar-refractivity contribution is 0.288. The number of hydrogen-bond acceptors (Lipinski definition) is 5. The number of aliphatic hydroxyl groups excluding tert-OH is 1. The summed E-state index contributed by atoms with van der Waals surface area (Å²) in [6, 6.07) is 22.5. The number of aliphatic hydroxyl groups is 1. The van der Waals surface area contributed by atoms with Gasteiger partial charge in [0.15, 0.2) is 0 Å². The van der Waals surface area contributed by atoms with Crippen molar-refractivity contribution in [2.45, 2.75) is 25.7 Å². The van der Waals surface area contributed by atoms with Gasteiger partial charge in [0.2, 0.25) is 0 Å². The molecule has 2 aromatic heterocycles. The SMILES string of the molecule is CC(c1cccc(Nc2ccc(-n3cc(CCCO)nn3)cc2)c1)c1ccccn1. The van der Waals surface area contributed by atoms with Crippen LogP contribution in [0.1, 0.15) is 36.2 Å². The van der Waals surface area contributed by atoms with Gasteiger partial charge in [0, 0.05) is 35.8 Å². The lowest BCUT2D eigenvalue weighted by atomic mass is 9.97. The summed E-state index contributed by atoms with van der Waals surface area (Å²) in [5, 5.41) is 20.7. The number of rotatable bonds is 8. The standard InChI is InChI=1S/C24H25N5O/c1-18(24-9-2-3-14-25-24)19-6-4-7-21(16-19)26-20-10-12-23(13-11-20)29-17-22(27-28-29)8-5-15-30/h2-4,6-7,9-14,16-18,26,30H,5,8,15H2,1H3. The number of anilines is 2. The zero-order valence-corrected chi connectivity index (χ0v) is 16.9. The molecule has 4 rings (SSSR count). The van der Waals surface area contributed by atoms with E-state index in [-0.39, 0.29) is 12.5 Å². The second-order valence-corrected chi connectivity index (χ2v) is 7.26. The minimum absolute atomic E-state index is 0.162. The molecular formula is C24H25N5O. The van der Waals surface area contributed by atoms with Crippen molar-refractivity contribution in [1.29, 1.82) is 0 Å². The molecule has 1 atom stereocenters. The lowest BCUT2D eigenvalue weighted by Gasteiger charge is -2.14. The van der Waals surface area contributed by atoms with E-state index in [0.717, 1.165) is 34.9 Å². The van der Waals surface area contributed by atoms with E-state index in [1.165, 1.54) is 5.56 Å². The van der Waals surface area contributed by atoms with Gasteiger partial charge < -0.3 is 10.4 Å². The van der Waals surface area contributed by atoms with E-state index in [4.69, 9.17) is 5.11 Å². The molecule has 2 N–H and O–H groups in total. The van der Waals surface area contributed by atoms with Gasteiger partial charge in [-0.1, -0.05) is 30.3 Å². The highest BCUT2D eigenvalue weighted by Crippen LogP contribution is 2.26. The fourth-order valence-corrected chi connectivity index (χ4v) is 3.35. The Morgan fingerprint density at radius 3 is 2.63 bits per heavy atom. The van der Waals surface area contributed by atoms with Crippen molar-refractivity contribution < 1.29 is 5.11 Å². The van der Waals surface area contributed by atoms with Gasteiger partial charge in [-0.25, -0.2) is 4.68 Å². The number of benzene rings is 2. The molecule has 6 heteroatoms. The molecule has 0 saturated heterocycles. The van der Waals surface area contributed by atoms with Crippen molar-refractivity contribution in [3.8, 4) is 5.69 Å². The van der Waals surface area contributed by atoms with E-state index < -0.39 is 0 Å². The van der Waals surface area contributed by atoms with Gasteiger partial charge in [0.05, 0.1) is 17.6 Å². The third-order valence-corrected chi connectivity index (χ3v) is 5.07. The van der Waals surface area contributed by atoms with Gasteiger partial charge in [-0.05, 0) is 66.9 Å². The second kappa shape index (κ2) is 9.33. The molecule has 152 valence electrons. The number of hydrogen-bond donors (Lipinski definition) is 2. The summed E-state index contributed by atoms with van der Waals surface area (Å²) in [4.78, 5) is 4.48. The first-order valence-electron chi connectivity index (χ1n) is 10.1. The van der Waals surface area contributed by atoms with Crippen molar-refractivity contribution in [1.82, 2.24) is 20.0 Å². The van der Waals surface area contributed by atoms with Crippen LogP contribution in [0.15, 0.2) is 79.1 Å². The van der Waals surface area contributed by atoms with Crippen molar-refractivity contribution in [2.75, 3.05) is 11.9 Å². The molecule has 4 aromatic rings. The average molecular weight is 399 g/mol. The van der Waals surface area contributed by atoms with Crippen LogP contribution in [0.4, 0.5) is 11.4 Å². The van der Waals surface area contributed by atoms with Crippen LogP contribution < -0.4 is 5.32 Å². The zero-order valence-electron chi connectivity index (χ0n) is 16.9. The van der Waals surface area contributed by atoms with Crippen LogP contribution in [0.2, 0.25) is 0 Å². The Hall–Kier alpha value is -3.51. The smallest absolute Gasteiger partial charge is 0.0832 e. The van der Waals surface area contributed by atoms with Crippen LogP contribution in [0.5, 0.6) is 0 Å². The van der Waals surface area contributed by atoms with Crippen LogP contribution in [0.25, 0.3) is 5.69 Å². The molecule has 0 radical (unpaired) electrons. The van der Waals surface area contributed by atoms with Gasteiger partial charge in [-0.15, -0.1) is 5.10 Å². The largest absolute Gasteiger partial charge is 0.396 e. The van der Waals surface area contributed by atoms with Gasteiger partial charge in [-0.3, -0.25) is 4.98 Å². The van der Waals surface area contributed by atoms with Crippen molar-refractivity contribution in [2.24, 2.45) is 0 Å². The first kappa shape index (κ1) is 19.8. The first-order chi connectivity index (χ1) is 14.7. The number of aromatic nitrogens is 4. The molecule has 6 nitrogen and oxygen atoms in total. The minimum atomic E-state index is 0.162. The van der Waals surface area contributed by atoms with Crippen molar-refractivity contribution >= 4 is 11.4 Å². The van der Waals surface area contributed by atoms with Gasteiger partial charge in [0.1, 0.15) is 0 Å². The van der Waals surface area contributed by atoms with Crippen LogP contribution in [0.3, 0.4) is 0 Å². The molecule has 2 aromatic carbocycles. The summed E-state index contributed by atoms with van der Waals surface area (Å²) in [5.74, 6) is 0.225. The third-order valence-electron chi connectivity index (χ3n) is 5.07. The maximum Gasteiger partial charge on any atom is 0.0832 e. The minimum Gasteiger partial charge on any atom is -0.396 e. The molecule has 0 bridgehead atoms. The highest BCUT2D eigenvalue weighted by atomic mass is 16.2. The number of pyridine rings is 1. The van der Waals surface area contributed by atoms with Crippen LogP contribution in [-0.2, 0) is 6.42 Å². The summed E-state index contributed by atoms with van der Waals surface area (Å²) in [7, 11) is 0. The first-order valence-corrected chi connectivity index (χ1v) is 10.1. The quantitative estimate of drug-likeness (QED) is 0.457. The Kier molecular flexibility index (Phi) is 6.15. The normalized spacial score (nSPS) is 11.9. The molecule has 0 amide bonds. The summed E-state index contributed by atoms with van der Waals surface area (Å²) >= 11 is 0. The Balaban J connectivity index is 1.45. The van der Waals surface area contributed by atoms with Gasteiger partial charge >= 0.3 is 0 Å². The zero-order chi connectivity index (χ0) is 20.8. The predicted octanol–water partition coefficient (Wildman–Crippen LogP) is 4.48. The number of aryl methyl sites for hydroxylation is 1. The Labute approximate surface area is 176 Å². The fourth-order valence-electron chi connectivity index (χ4n) is 3.35. The number of nitrogens with zero attached hydrogens (tertiary/aromatic N) is 4. The summed E-state index contributed by atoms with van der Waals surface area (Å²) in [6.07, 6.45) is 5.16. The summed E-state index contributed by atoms with van der Waals surface area (Å²) in [5.41, 5.74) is 6.14. The summed E-state index contributed by atoms with van der Waals surface area (Å²) in [6.45, 7) is 2.33. The highest BCUT2D eigenvalue weighted by molar-refractivity contribution is 5.62. The molecule has 0 saturated carbocycles.